The Bertz CT molecular complexity index is 475. The molecule has 0 aliphatic carbocycles. The lowest BCUT2D eigenvalue weighted by Crippen LogP contribution is -2.46. The maximum absolute atomic E-state index is 5.88. The molecular weight excluding hydrogens is 549 g/mol. The van der Waals surface area contributed by atoms with E-state index in [1.165, 1.54) is 21.6 Å². The van der Waals surface area contributed by atoms with Crippen molar-refractivity contribution < 1.29 is 26.6 Å². The molecular formula is C20H44N2O6S4Si2. The summed E-state index contributed by atoms with van der Waals surface area (Å²) in [6.45, 7) is 16.8. The fourth-order valence-corrected chi connectivity index (χ4v) is 10.4. The largest absolute Gasteiger partial charge is 0.500 e. The third kappa shape index (κ3) is 15.7. The average molecular weight is 593 g/mol. The van der Waals surface area contributed by atoms with Gasteiger partial charge in [-0.05, 0) is 76.0 Å². The Morgan fingerprint density at radius 2 is 0.824 bits per heavy atom. The second-order valence-corrected chi connectivity index (χ2v) is 15.7. The van der Waals surface area contributed by atoms with Crippen LogP contribution in [0, 0.1) is 0 Å². The number of hydrogen-bond donors (Lipinski definition) is 2. The highest BCUT2D eigenvalue weighted by Crippen LogP contribution is 2.24. The maximum Gasteiger partial charge on any atom is 0.500 e. The molecule has 0 spiro atoms. The van der Waals surface area contributed by atoms with Gasteiger partial charge in [-0.2, -0.15) is 0 Å². The summed E-state index contributed by atoms with van der Waals surface area (Å²) >= 11 is 10.8. The molecule has 0 aromatic rings. The van der Waals surface area contributed by atoms with Crippen LogP contribution < -0.4 is 10.6 Å². The molecule has 0 bridgehead atoms. The number of nitrogens with one attached hydrogen (secondary N) is 2. The van der Waals surface area contributed by atoms with E-state index in [4.69, 9.17) is 51.0 Å². The van der Waals surface area contributed by atoms with Crippen molar-refractivity contribution in [2.24, 2.45) is 0 Å². The molecule has 0 rings (SSSR count). The van der Waals surface area contributed by atoms with E-state index in [0.29, 0.717) is 48.3 Å². The molecule has 0 aliphatic heterocycles. The first kappa shape index (κ1) is 34.7. The van der Waals surface area contributed by atoms with E-state index < -0.39 is 17.6 Å². The van der Waals surface area contributed by atoms with E-state index in [0.717, 1.165) is 38.0 Å². The molecule has 0 amide bonds. The van der Waals surface area contributed by atoms with Gasteiger partial charge in [0.2, 0.25) is 0 Å². The van der Waals surface area contributed by atoms with Crippen molar-refractivity contribution in [3.63, 3.8) is 0 Å². The van der Waals surface area contributed by atoms with Crippen LogP contribution in [0.1, 0.15) is 54.4 Å². The third-order valence-corrected chi connectivity index (χ3v) is 13.9. The Labute approximate surface area is 227 Å². The lowest BCUT2D eigenvalue weighted by Gasteiger charge is -2.28. The standard InChI is InChI=1S/C20H44N2O6S4Si2/c1-7-23-33(24-8-2,25-9-3)17-13-15-21-19(29)31-32-20(30)22-16-14-18-34(26-10-4,27-11-5)28-12-6/h7-18H2,1-6H3,(H,21,29)(H,22,30). The lowest BCUT2D eigenvalue weighted by molar-refractivity contribution is 0.0701. The average Bonchev–Trinajstić information content (AvgIpc) is 2.79. The molecule has 0 saturated carbocycles. The van der Waals surface area contributed by atoms with E-state index in [2.05, 4.69) is 10.6 Å². The monoisotopic (exact) mass is 592 g/mol. The summed E-state index contributed by atoms with van der Waals surface area (Å²) < 4.78 is 36.7. The minimum Gasteiger partial charge on any atom is -0.374 e. The summed E-state index contributed by atoms with van der Waals surface area (Å²) in [4.78, 5) is 0. The van der Waals surface area contributed by atoms with E-state index in [-0.39, 0.29) is 0 Å². The molecule has 0 unspecified atom stereocenters. The third-order valence-electron chi connectivity index (χ3n) is 4.24. The van der Waals surface area contributed by atoms with Crippen molar-refractivity contribution in [1.82, 2.24) is 10.6 Å². The Balaban J connectivity index is 4.22. The molecule has 0 aromatic heterocycles. The molecule has 2 N–H and O–H groups in total. The van der Waals surface area contributed by atoms with E-state index in [1.54, 1.807) is 0 Å². The van der Waals surface area contributed by atoms with Gasteiger partial charge in [-0.15, -0.1) is 0 Å². The number of hydrogen-bond acceptors (Lipinski definition) is 10. The first-order valence-corrected chi connectivity index (χ1v) is 18.9. The summed E-state index contributed by atoms with van der Waals surface area (Å²) in [6.07, 6.45) is 1.71. The Morgan fingerprint density at radius 3 is 1.06 bits per heavy atom. The molecule has 0 aromatic carbocycles. The van der Waals surface area contributed by atoms with Crippen molar-refractivity contribution in [3.8, 4) is 0 Å². The normalized spacial score (nSPS) is 12.1. The van der Waals surface area contributed by atoms with Crippen LogP contribution in [0.4, 0.5) is 0 Å². The van der Waals surface area contributed by atoms with Gasteiger partial charge in [-0.1, -0.05) is 24.4 Å². The maximum atomic E-state index is 5.88. The van der Waals surface area contributed by atoms with Gasteiger partial charge in [0.05, 0.1) is 0 Å². The van der Waals surface area contributed by atoms with Crippen LogP contribution in [0.3, 0.4) is 0 Å². The van der Waals surface area contributed by atoms with Crippen LogP contribution in [0.25, 0.3) is 0 Å². The van der Waals surface area contributed by atoms with E-state index >= 15 is 0 Å². The van der Waals surface area contributed by atoms with Crippen molar-refractivity contribution in [2.75, 3.05) is 52.7 Å². The van der Waals surface area contributed by atoms with Crippen molar-refractivity contribution in [3.05, 3.63) is 0 Å². The molecule has 0 radical (unpaired) electrons. The molecule has 0 atom stereocenters. The second-order valence-electron chi connectivity index (χ2n) is 6.77. The Hall–Kier alpha value is 0.674. The topological polar surface area (TPSA) is 79.4 Å². The summed E-state index contributed by atoms with van der Waals surface area (Å²) in [7, 11) is -2.31. The molecule has 14 heteroatoms. The van der Waals surface area contributed by atoms with Crippen molar-refractivity contribution in [1.29, 1.82) is 0 Å². The van der Waals surface area contributed by atoms with Gasteiger partial charge in [0.25, 0.3) is 0 Å². The minimum atomic E-state index is -2.60. The molecule has 34 heavy (non-hydrogen) atoms. The zero-order valence-electron chi connectivity index (χ0n) is 21.6. The van der Waals surface area contributed by atoms with Gasteiger partial charge in [-0.25, -0.2) is 0 Å². The van der Waals surface area contributed by atoms with Gasteiger partial charge in [0.1, 0.15) is 8.64 Å². The van der Waals surface area contributed by atoms with Gasteiger partial charge < -0.3 is 37.2 Å². The predicted molar refractivity (Wildman–Crippen MR) is 156 cm³/mol. The summed E-state index contributed by atoms with van der Waals surface area (Å²) in [5.41, 5.74) is 0. The minimum absolute atomic E-state index is 0.584. The van der Waals surface area contributed by atoms with Crippen LogP contribution in [0.5, 0.6) is 0 Å². The number of rotatable bonds is 20. The Kier molecular flexibility index (Phi) is 22.2. The fourth-order valence-electron chi connectivity index (χ4n) is 3.13. The quantitative estimate of drug-likeness (QED) is 0.0865. The van der Waals surface area contributed by atoms with Crippen LogP contribution in [-0.4, -0.2) is 79.0 Å². The van der Waals surface area contributed by atoms with Crippen LogP contribution in [-0.2, 0) is 26.6 Å². The second kappa shape index (κ2) is 21.7. The molecule has 0 heterocycles. The van der Waals surface area contributed by atoms with Gasteiger partial charge in [0, 0.05) is 64.8 Å². The summed E-state index contributed by atoms with van der Waals surface area (Å²) in [5.74, 6) is 0. The lowest BCUT2D eigenvalue weighted by atomic mass is 10.5. The molecule has 0 aliphatic rings. The predicted octanol–water partition coefficient (Wildman–Crippen LogP) is 4.99. The van der Waals surface area contributed by atoms with E-state index in [1.807, 2.05) is 41.5 Å². The first-order valence-electron chi connectivity index (χ1n) is 12.1. The van der Waals surface area contributed by atoms with Gasteiger partial charge >= 0.3 is 17.6 Å². The fraction of sp³-hybridized carbons (Fsp3) is 0.900. The van der Waals surface area contributed by atoms with Crippen molar-refractivity contribution in [2.45, 2.75) is 66.5 Å². The first-order chi connectivity index (χ1) is 16.4. The highest BCUT2D eigenvalue weighted by Gasteiger charge is 2.40. The SMILES string of the molecule is CCO[Si](CCCNC(=S)SSC(=S)NCCC[Si](OCC)(OCC)OCC)(OCC)OCC. The van der Waals surface area contributed by atoms with Crippen LogP contribution in [0.2, 0.25) is 12.1 Å². The smallest absolute Gasteiger partial charge is 0.374 e. The van der Waals surface area contributed by atoms with Gasteiger partial charge in [0.15, 0.2) is 0 Å². The zero-order valence-corrected chi connectivity index (χ0v) is 26.8. The van der Waals surface area contributed by atoms with Crippen LogP contribution >= 0.6 is 46.0 Å². The molecule has 202 valence electrons. The van der Waals surface area contributed by atoms with E-state index in [9.17, 15) is 0 Å². The van der Waals surface area contributed by atoms with Gasteiger partial charge in [-0.3, -0.25) is 0 Å². The molecule has 0 saturated heterocycles. The zero-order chi connectivity index (χ0) is 25.7. The Morgan fingerprint density at radius 1 is 0.559 bits per heavy atom. The molecule has 0 fully saturated rings. The molecule has 8 nitrogen and oxygen atoms in total. The highest BCUT2D eigenvalue weighted by atomic mass is 33.1. The van der Waals surface area contributed by atoms with Crippen molar-refractivity contribution >= 4 is 72.3 Å². The summed E-state index contributed by atoms with van der Waals surface area (Å²) in [5, 5.41) is 6.53. The highest BCUT2D eigenvalue weighted by molar-refractivity contribution is 8.89. The number of thiocarbonyl (C=S) groups is 2. The van der Waals surface area contributed by atoms with Crippen LogP contribution in [0.15, 0.2) is 0 Å². The summed E-state index contributed by atoms with van der Waals surface area (Å²) in [6, 6.07) is 1.51.